The fourth-order valence-corrected chi connectivity index (χ4v) is 3.05. The van der Waals surface area contributed by atoms with Crippen molar-refractivity contribution in [1.82, 2.24) is 4.90 Å². The zero-order chi connectivity index (χ0) is 21.9. The van der Waals surface area contributed by atoms with Crippen LogP contribution >= 0.6 is 11.6 Å². The summed E-state index contributed by atoms with van der Waals surface area (Å²) in [6, 6.07) is 15.7. The van der Waals surface area contributed by atoms with E-state index in [0.29, 0.717) is 13.2 Å². The van der Waals surface area contributed by atoms with Crippen LogP contribution in [0.15, 0.2) is 48.5 Å². The summed E-state index contributed by atoms with van der Waals surface area (Å²) >= 11 is 6.06. The Hall–Kier alpha value is -2.81. The van der Waals surface area contributed by atoms with Gasteiger partial charge in [0.15, 0.2) is 11.5 Å². The molecule has 0 bridgehead atoms. The number of carboxylic acid groups (broad SMARTS) is 2. The number of nitrogens with zero attached hydrogens (tertiary/aromatic N) is 1. The number of ether oxygens (including phenoxy) is 3. The summed E-state index contributed by atoms with van der Waals surface area (Å²) in [4.78, 5) is 20.6. The van der Waals surface area contributed by atoms with Crippen molar-refractivity contribution in [2.45, 2.75) is 12.6 Å². The maximum atomic E-state index is 9.10. The SMILES string of the molecule is COc1ccccc1OCC1CN(Cc2cccc(Cl)c2)CCO1.O=C(O)C(=O)O. The summed E-state index contributed by atoms with van der Waals surface area (Å²) < 4.78 is 17.0. The maximum Gasteiger partial charge on any atom is 0.414 e. The molecular formula is C21H24ClNO7. The standard InChI is InChI=1S/C19H22ClNO3.C2H2O4/c1-22-18-7-2-3-8-19(18)24-14-17-13-21(9-10-23-17)12-15-5-4-6-16(20)11-15;3-1(4)2(5)6/h2-8,11,17H,9-10,12-14H2,1H3;(H,3,4)(H,5,6). The number of carboxylic acids is 2. The third-order valence-electron chi connectivity index (χ3n) is 4.19. The Morgan fingerprint density at radius 3 is 2.47 bits per heavy atom. The number of methoxy groups -OCH3 is 1. The molecular weight excluding hydrogens is 414 g/mol. The lowest BCUT2D eigenvalue weighted by atomic mass is 10.2. The number of halogens is 1. The van der Waals surface area contributed by atoms with Gasteiger partial charge in [0.05, 0.1) is 13.7 Å². The number of morpholine rings is 1. The minimum Gasteiger partial charge on any atom is -0.493 e. The number of carbonyl (C=O) groups is 2. The second-order valence-electron chi connectivity index (χ2n) is 6.43. The van der Waals surface area contributed by atoms with Crippen molar-refractivity contribution in [2.75, 3.05) is 33.4 Å². The Bertz CT molecular complexity index is 834. The molecule has 162 valence electrons. The van der Waals surface area contributed by atoms with Crippen LogP contribution < -0.4 is 9.47 Å². The number of hydrogen-bond acceptors (Lipinski definition) is 6. The monoisotopic (exact) mass is 437 g/mol. The van der Waals surface area contributed by atoms with Crippen molar-refractivity contribution in [3.63, 3.8) is 0 Å². The molecule has 1 aliphatic rings. The first kappa shape index (κ1) is 23.5. The van der Waals surface area contributed by atoms with E-state index in [-0.39, 0.29) is 6.10 Å². The van der Waals surface area contributed by atoms with E-state index in [4.69, 9.17) is 45.6 Å². The molecule has 30 heavy (non-hydrogen) atoms. The predicted molar refractivity (Wildman–Crippen MR) is 110 cm³/mol. The van der Waals surface area contributed by atoms with Gasteiger partial charge >= 0.3 is 11.9 Å². The number of rotatable bonds is 6. The normalized spacial score (nSPS) is 16.1. The number of para-hydroxylation sites is 2. The summed E-state index contributed by atoms with van der Waals surface area (Å²) in [7, 11) is 1.64. The van der Waals surface area contributed by atoms with Crippen molar-refractivity contribution in [3.8, 4) is 11.5 Å². The molecule has 0 spiro atoms. The van der Waals surface area contributed by atoms with E-state index in [1.54, 1.807) is 7.11 Å². The Morgan fingerprint density at radius 1 is 1.13 bits per heavy atom. The quantitative estimate of drug-likeness (QED) is 0.664. The van der Waals surface area contributed by atoms with Gasteiger partial charge in [0, 0.05) is 24.7 Å². The Kier molecular flexibility index (Phi) is 9.40. The Labute approximate surface area is 179 Å². The third kappa shape index (κ3) is 7.90. The highest BCUT2D eigenvalue weighted by Gasteiger charge is 2.21. The fourth-order valence-electron chi connectivity index (χ4n) is 2.84. The summed E-state index contributed by atoms with van der Waals surface area (Å²) in [6.45, 7) is 3.83. The van der Waals surface area contributed by atoms with Crippen LogP contribution in [-0.4, -0.2) is 66.6 Å². The van der Waals surface area contributed by atoms with Crippen molar-refractivity contribution >= 4 is 23.5 Å². The molecule has 0 radical (unpaired) electrons. The van der Waals surface area contributed by atoms with E-state index in [9.17, 15) is 0 Å². The first-order valence-corrected chi connectivity index (χ1v) is 9.57. The van der Waals surface area contributed by atoms with Gasteiger partial charge < -0.3 is 24.4 Å². The number of benzene rings is 2. The van der Waals surface area contributed by atoms with E-state index in [2.05, 4.69) is 11.0 Å². The highest BCUT2D eigenvalue weighted by molar-refractivity contribution is 6.30. The molecule has 0 aromatic heterocycles. The van der Waals surface area contributed by atoms with Crippen molar-refractivity contribution in [2.24, 2.45) is 0 Å². The lowest BCUT2D eigenvalue weighted by Gasteiger charge is -2.32. The second-order valence-corrected chi connectivity index (χ2v) is 6.87. The van der Waals surface area contributed by atoms with Crippen molar-refractivity contribution < 1.29 is 34.0 Å². The molecule has 2 aromatic rings. The fraction of sp³-hybridized carbons (Fsp3) is 0.333. The van der Waals surface area contributed by atoms with Gasteiger partial charge in [0.2, 0.25) is 0 Å². The van der Waals surface area contributed by atoms with E-state index in [1.807, 2.05) is 42.5 Å². The van der Waals surface area contributed by atoms with E-state index in [1.165, 1.54) is 5.56 Å². The molecule has 1 fully saturated rings. The van der Waals surface area contributed by atoms with Gasteiger partial charge in [-0.25, -0.2) is 9.59 Å². The highest BCUT2D eigenvalue weighted by Crippen LogP contribution is 2.26. The summed E-state index contributed by atoms with van der Waals surface area (Å²) in [5.74, 6) is -2.16. The Morgan fingerprint density at radius 2 is 1.83 bits per heavy atom. The zero-order valence-electron chi connectivity index (χ0n) is 16.5. The van der Waals surface area contributed by atoms with Crippen LogP contribution in [0.1, 0.15) is 5.56 Å². The molecule has 8 nitrogen and oxygen atoms in total. The lowest BCUT2D eigenvalue weighted by molar-refractivity contribution is -0.159. The topological polar surface area (TPSA) is 106 Å². The van der Waals surface area contributed by atoms with Crippen molar-refractivity contribution in [1.29, 1.82) is 0 Å². The van der Waals surface area contributed by atoms with Gasteiger partial charge in [-0.1, -0.05) is 35.9 Å². The molecule has 1 unspecified atom stereocenters. The molecule has 2 aromatic carbocycles. The van der Waals surface area contributed by atoms with E-state index >= 15 is 0 Å². The van der Waals surface area contributed by atoms with Crippen LogP contribution in [0.4, 0.5) is 0 Å². The summed E-state index contributed by atoms with van der Waals surface area (Å²) in [5.41, 5.74) is 1.22. The molecule has 0 amide bonds. The molecule has 1 atom stereocenters. The van der Waals surface area contributed by atoms with Gasteiger partial charge in [-0.15, -0.1) is 0 Å². The van der Waals surface area contributed by atoms with Crippen LogP contribution in [0.2, 0.25) is 5.02 Å². The molecule has 0 saturated carbocycles. The maximum absolute atomic E-state index is 9.10. The predicted octanol–water partition coefficient (Wildman–Crippen LogP) is 2.78. The van der Waals surface area contributed by atoms with Gasteiger partial charge in [-0.2, -0.15) is 0 Å². The largest absolute Gasteiger partial charge is 0.493 e. The van der Waals surface area contributed by atoms with Crippen LogP contribution in [-0.2, 0) is 20.9 Å². The number of hydrogen-bond donors (Lipinski definition) is 2. The second kappa shape index (κ2) is 12.0. The Balaban J connectivity index is 0.000000469. The van der Waals surface area contributed by atoms with Crippen LogP contribution in [0.25, 0.3) is 0 Å². The third-order valence-corrected chi connectivity index (χ3v) is 4.43. The first-order valence-electron chi connectivity index (χ1n) is 9.19. The highest BCUT2D eigenvalue weighted by atomic mass is 35.5. The molecule has 0 aliphatic carbocycles. The van der Waals surface area contributed by atoms with Crippen LogP contribution in [0, 0.1) is 0 Å². The first-order chi connectivity index (χ1) is 14.4. The van der Waals surface area contributed by atoms with Crippen molar-refractivity contribution in [3.05, 3.63) is 59.1 Å². The van der Waals surface area contributed by atoms with Gasteiger partial charge in [-0.3, -0.25) is 4.90 Å². The lowest BCUT2D eigenvalue weighted by Crippen LogP contribution is -2.44. The summed E-state index contributed by atoms with van der Waals surface area (Å²) in [5, 5.41) is 15.6. The van der Waals surface area contributed by atoms with E-state index < -0.39 is 11.9 Å². The molecule has 1 saturated heterocycles. The average Bonchev–Trinajstić information content (AvgIpc) is 2.73. The summed E-state index contributed by atoms with van der Waals surface area (Å²) in [6.07, 6.45) is 0.0443. The molecule has 1 aliphatic heterocycles. The average molecular weight is 438 g/mol. The van der Waals surface area contributed by atoms with Gasteiger partial charge in [0.1, 0.15) is 12.7 Å². The number of aliphatic carboxylic acids is 2. The smallest absolute Gasteiger partial charge is 0.414 e. The minimum absolute atomic E-state index is 0.0443. The van der Waals surface area contributed by atoms with Crippen LogP contribution in [0.3, 0.4) is 0 Å². The van der Waals surface area contributed by atoms with Gasteiger partial charge in [0.25, 0.3) is 0 Å². The molecule has 9 heteroatoms. The van der Waals surface area contributed by atoms with Crippen LogP contribution in [0.5, 0.6) is 11.5 Å². The molecule has 1 heterocycles. The zero-order valence-corrected chi connectivity index (χ0v) is 17.2. The van der Waals surface area contributed by atoms with E-state index in [0.717, 1.165) is 36.2 Å². The molecule has 3 rings (SSSR count). The molecule has 2 N–H and O–H groups in total. The minimum atomic E-state index is -1.82. The van der Waals surface area contributed by atoms with Gasteiger partial charge in [-0.05, 0) is 29.8 Å².